The molecule has 126 valence electrons. The largest absolute Gasteiger partial charge is 0.316 e. The van der Waals surface area contributed by atoms with Gasteiger partial charge in [0.15, 0.2) is 0 Å². The van der Waals surface area contributed by atoms with E-state index in [0.717, 1.165) is 36.7 Å². The third-order valence-electron chi connectivity index (χ3n) is 4.42. The molecule has 2 aromatic rings. The fourth-order valence-electron chi connectivity index (χ4n) is 3.14. The molecule has 1 saturated heterocycles. The van der Waals surface area contributed by atoms with Crippen LogP contribution in [0.3, 0.4) is 0 Å². The number of nitrogens with one attached hydrogen (secondary N) is 2. The monoisotopic (exact) mass is 354 g/mol. The van der Waals surface area contributed by atoms with Crippen LogP contribution < -0.4 is 10.0 Å². The van der Waals surface area contributed by atoms with Gasteiger partial charge >= 0.3 is 0 Å². The van der Waals surface area contributed by atoms with Gasteiger partial charge in [-0.3, -0.25) is 0 Å². The molecule has 6 heteroatoms. The van der Waals surface area contributed by atoms with Gasteiger partial charge in [-0.05, 0) is 50.2 Å². The van der Waals surface area contributed by atoms with Crippen molar-refractivity contribution in [3.63, 3.8) is 0 Å². The van der Waals surface area contributed by atoms with Gasteiger partial charge in [0.05, 0.1) is 4.90 Å². The molecular formula is C17H23ClN2O2S. The Morgan fingerprint density at radius 1 is 1.17 bits per heavy atom. The summed E-state index contributed by atoms with van der Waals surface area (Å²) < 4.78 is 28.4. The van der Waals surface area contributed by atoms with Crippen molar-refractivity contribution in [2.24, 2.45) is 5.92 Å². The maximum absolute atomic E-state index is 12.8. The third-order valence-corrected chi connectivity index (χ3v) is 6.04. The minimum atomic E-state index is -3.51. The molecule has 0 saturated carbocycles. The number of rotatable bonds is 4. The summed E-state index contributed by atoms with van der Waals surface area (Å²) in [6, 6.07) is 12.9. The smallest absolute Gasteiger partial charge is 0.241 e. The summed E-state index contributed by atoms with van der Waals surface area (Å²) in [6.07, 6.45) is 2.16. The Bertz CT molecular complexity index is 753. The van der Waals surface area contributed by atoms with Gasteiger partial charge in [-0.1, -0.05) is 36.4 Å². The molecule has 2 N–H and O–H groups in total. The number of piperidine rings is 1. The van der Waals surface area contributed by atoms with Gasteiger partial charge in [0.25, 0.3) is 0 Å². The first-order valence-corrected chi connectivity index (χ1v) is 9.27. The quantitative estimate of drug-likeness (QED) is 0.887. The second-order valence-corrected chi connectivity index (χ2v) is 7.68. The van der Waals surface area contributed by atoms with Crippen molar-refractivity contribution in [2.75, 3.05) is 13.1 Å². The van der Waals surface area contributed by atoms with Crippen LogP contribution >= 0.6 is 12.4 Å². The van der Waals surface area contributed by atoms with Gasteiger partial charge in [0, 0.05) is 11.4 Å². The van der Waals surface area contributed by atoms with Crippen LogP contribution in [0.1, 0.15) is 19.8 Å². The van der Waals surface area contributed by atoms with Crippen LogP contribution in [-0.2, 0) is 10.0 Å². The lowest BCUT2D eigenvalue weighted by atomic mass is 9.94. The van der Waals surface area contributed by atoms with Crippen LogP contribution in [0.4, 0.5) is 0 Å². The van der Waals surface area contributed by atoms with E-state index in [-0.39, 0.29) is 18.4 Å². The van der Waals surface area contributed by atoms with Crippen molar-refractivity contribution < 1.29 is 8.42 Å². The lowest BCUT2D eigenvalue weighted by Gasteiger charge is -2.28. The molecule has 3 rings (SSSR count). The van der Waals surface area contributed by atoms with Crippen LogP contribution in [-0.4, -0.2) is 27.5 Å². The molecule has 23 heavy (non-hydrogen) atoms. The highest BCUT2D eigenvalue weighted by atomic mass is 35.5. The average Bonchev–Trinajstić information content (AvgIpc) is 2.54. The number of hydrogen-bond donors (Lipinski definition) is 2. The Morgan fingerprint density at radius 3 is 2.65 bits per heavy atom. The highest BCUT2D eigenvalue weighted by molar-refractivity contribution is 7.89. The first kappa shape index (κ1) is 18.2. The lowest BCUT2D eigenvalue weighted by molar-refractivity contribution is 0.320. The molecule has 0 aromatic heterocycles. The first-order valence-electron chi connectivity index (χ1n) is 7.79. The summed E-state index contributed by atoms with van der Waals surface area (Å²) in [4.78, 5) is 0.362. The second kappa shape index (κ2) is 7.62. The highest BCUT2D eigenvalue weighted by Crippen LogP contribution is 2.24. The van der Waals surface area contributed by atoms with Gasteiger partial charge in [-0.15, -0.1) is 12.4 Å². The third kappa shape index (κ3) is 4.04. The molecule has 1 heterocycles. The van der Waals surface area contributed by atoms with E-state index in [1.165, 1.54) is 0 Å². The topological polar surface area (TPSA) is 58.2 Å². The van der Waals surface area contributed by atoms with Gasteiger partial charge < -0.3 is 5.32 Å². The number of sulfonamides is 1. The number of benzene rings is 2. The molecule has 0 aliphatic carbocycles. The molecular weight excluding hydrogens is 332 g/mol. The van der Waals surface area contributed by atoms with Gasteiger partial charge in [0.1, 0.15) is 0 Å². The standard InChI is InChI=1S/C17H22N2O2S.ClH/c1-13(15-8-5-11-18-12-15)19-22(20,21)17-10-4-7-14-6-2-3-9-16(14)17;/h2-4,6-7,9-10,13,15,18-19H,5,8,11-12H2,1H3;1H. The maximum atomic E-state index is 12.8. The Morgan fingerprint density at radius 2 is 1.91 bits per heavy atom. The van der Waals surface area contributed by atoms with E-state index in [9.17, 15) is 8.42 Å². The summed E-state index contributed by atoms with van der Waals surface area (Å²) >= 11 is 0. The van der Waals surface area contributed by atoms with Crippen LogP contribution in [0.25, 0.3) is 10.8 Å². The summed E-state index contributed by atoms with van der Waals surface area (Å²) in [5, 5.41) is 5.05. The average molecular weight is 355 g/mol. The zero-order chi connectivity index (χ0) is 15.6. The Kier molecular flexibility index (Phi) is 6.03. The fraction of sp³-hybridized carbons (Fsp3) is 0.412. The number of halogens is 1. The van der Waals surface area contributed by atoms with Gasteiger partial charge in [-0.25, -0.2) is 13.1 Å². The highest BCUT2D eigenvalue weighted by Gasteiger charge is 2.25. The van der Waals surface area contributed by atoms with E-state index < -0.39 is 10.0 Å². The first-order chi connectivity index (χ1) is 10.6. The molecule has 4 nitrogen and oxygen atoms in total. The molecule has 0 spiro atoms. The molecule has 2 unspecified atom stereocenters. The summed E-state index contributed by atoms with van der Waals surface area (Å²) in [7, 11) is -3.51. The Balaban J connectivity index is 0.00000192. The fourth-order valence-corrected chi connectivity index (χ4v) is 4.68. The lowest BCUT2D eigenvalue weighted by Crippen LogP contribution is -2.44. The molecule has 1 fully saturated rings. The van der Waals surface area contributed by atoms with Crippen molar-refractivity contribution in [3.8, 4) is 0 Å². The zero-order valence-corrected chi connectivity index (χ0v) is 14.8. The van der Waals surface area contributed by atoms with Gasteiger partial charge in [0.2, 0.25) is 10.0 Å². The van der Waals surface area contributed by atoms with E-state index in [1.54, 1.807) is 12.1 Å². The van der Waals surface area contributed by atoms with Crippen LogP contribution in [0, 0.1) is 5.92 Å². The molecule has 2 atom stereocenters. The molecule has 2 aromatic carbocycles. The Labute approximate surface area is 144 Å². The molecule has 0 amide bonds. The minimum absolute atomic E-state index is 0. The van der Waals surface area contributed by atoms with Gasteiger partial charge in [-0.2, -0.15) is 0 Å². The second-order valence-electron chi connectivity index (χ2n) is 5.99. The number of fused-ring (bicyclic) bond motifs is 1. The molecule has 0 bridgehead atoms. The van der Waals surface area contributed by atoms with Crippen LogP contribution in [0.5, 0.6) is 0 Å². The molecule has 1 aliphatic rings. The molecule has 1 aliphatic heterocycles. The normalized spacial score (nSPS) is 20.0. The van der Waals surface area contributed by atoms with E-state index in [2.05, 4.69) is 10.0 Å². The molecule has 0 radical (unpaired) electrons. The summed E-state index contributed by atoms with van der Waals surface area (Å²) in [5.74, 6) is 0.346. The zero-order valence-electron chi connectivity index (χ0n) is 13.2. The van der Waals surface area contributed by atoms with E-state index in [4.69, 9.17) is 0 Å². The van der Waals surface area contributed by atoms with Crippen LogP contribution in [0.15, 0.2) is 47.4 Å². The minimum Gasteiger partial charge on any atom is -0.316 e. The van der Waals surface area contributed by atoms with E-state index in [0.29, 0.717) is 10.8 Å². The SMILES string of the molecule is CC(NS(=O)(=O)c1cccc2ccccc12)C1CCCNC1.Cl. The van der Waals surface area contributed by atoms with Crippen LogP contribution in [0.2, 0.25) is 0 Å². The van der Waals surface area contributed by atoms with Crippen molar-refractivity contribution in [1.29, 1.82) is 0 Å². The number of hydrogen-bond acceptors (Lipinski definition) is 3. The summed E-state index contributed by atoms with van der Waals surface area (Å²) in [5.41, 5.74) is 0. The van der Waals surface area contributed by atoms with Crippen molar-refractivity contribution in [1.82, 2.24) is 10.0 Å². The van der Waals surface area contributed by atoms with E-state index >= 15 is 0 Å². The predicted octanol–water partition coefficient (Wildman–Crippen LogP) is 2.93. The van der Waals surface area contributed by atoms with E-state index in [1.807, 2.05) is 37.3 Å². The Hall–Kier alpha value is -1.14. The van der Waals surface area contributed by atoms with Crippen molar-refractivity contribution >= 4 is 33.2 Å². The van der Waals surface area contributed by atoms with Crippen molar-refractivity contribution in [3.05, 3.63) is 42.5 Å². The summed E-state index contributed by atoms with van der Waals surface area (Å²) in [6.45, 7) is 3.86. The van der Waals surface area contributed by atoms with Crippen molar-refractivity contribution in [2.45, 2.75) is 30.7 Å². The predicted molar refractivity (Wildman–Crippen MR) is 96.6 cm³/mol. The maximum Gasteiger partial charge on any atom is 0.241 e.